The average molecular weight is 745 g/mol. The van der Waals surface area contributed by atoms with Gasteiger partial charge in [0.1, 0.15) is 0 Å². The van der Waals surface area contributed by atoms with Gasteiger partial charge in [0.05, 0.1) is 5.52 Å². The van der Waals surface area contributed by atoms with Crippen molar-refractivity contribution >= 4 is 70.4 Å². The minimum Gasteiger partial charge on any atom is -0.354 e. The zero-order valence-corrected chi connectivity index (χ0v) is 31.9. The molecule has 0 spiro atoms. The van der Waals surface area contributed by atoms with Gasteiger partial charge in [-0.15, -0.1) is 11.3 Å². The fourth-order valence-corrected chi connectivity index (χ4v) is 9.50. The van der Waals surface area contributed by atoms with Gasteiger partial charge >= 0.3 is 0 Å². The molecule has 0 unspecified atom stereocenters. The van der Waals surface area contributed by atoms with E-state index in [0.29, 0.717) is 0 Å². The molecule has 0 aliphatic carbocycles. The molecule has 3 heteroatoms. The molecule has 11 aromatic rings. The van der Waals surface area contributed by atoms with Crippen LogP contribution in [-0.4, -0.2) is 4.98 Å². The number of fused-ring (bicyclic) bond motifs is 6. The molecule has 268 valence electrons. The number of aromatic nitrogens is 1. The normalized spacial score (nSPS) is 11.5. The number of aromatic amines is 1. The molecule has 57 heavy (non-hydrogen) atoms. The number of nitrogens with one attached hydrogen (secondary N) is 1. The number of rotatable bonds is 7. The number of para-hydroxylation sites is 2. The van der Waals surface area contributed by atoms with E-state index >= 15 is 0 Å². The second-order valence-electron chi connectivity index (χ2n) is 14.6. The lowest BCUT2D eigenvalue weighted by molar-refractivity contribution is 1.28. The maximum atomic E-state index is 3.72. The molecule has 0 saturated heterocycles. The van der Waals surface area contributed by atoms with E-state index in [1.807, 2.05) is 11.3 Å². The Morgan fingerprint density at radius 2 is 0.877 bits per heavy atom. The highest BCUT2D eigenvalue weighted by Crippen LogP contribution is 2.42. The van der Waals surface area contributed by atoms with Crippen molar-refractivity contribution in [3.8, 4) is 44.5 Å². The van der Waals surface area contributed by atoms with Crippen molar-refractivity contribution in [3.63, 3.8) is 0 Å². The Labute approximate surface area is 335 Å². The first-order valence-corrected chi connectivity index (χ1v) is 20.2. The van der Waals surface area contributed by atoms with E-state index < -0.39 is 0 Å². The van der Waals surface area contributed by atoms with Crippen LogP contribution in [0.25, 0.3) is 86.5 Å². The maximum Gasteiger partial charge on any atom is 0.0544 e. The number of anilines is 3. The number of benzene rings is 9. The van der Waals surface area contributed by atoms with Crippen molar-refractivity contribution in [2.24, 2.45) is 0 Å². The number of hydrogen-bond donors (Lipinski definition) is 1. The maximum absolute atomic E-state index is 3.72. The first-order valence-electron chi connectivity index (χ1n) is 19.4. The molecule has 9 aromatic carbocycles. The second-order valence-corrected chi connectivity index (χ2v) is 15.7. The third-order valence-corrected chi connectivity index (χ3v) is 12.4. The van der Waals surface area contributed by atoms with Gasteiger partial charge in [0.2, 0.25) is 0 Å². The van der Waals surface area contributed by atoms with Gasteiger partial charge in [-0.2, -0.15) is 0 Å². The molecule has 0 aliphatic rings. The summed E-state index contributed by atoms with van der Waals surface area (Å²) in [4.78, 5) is 6.08. The van der Waals surface area contributed by atoms with E-state index in [4.69, 9.17) is 0 Å². The molecule has 11 rings (SSSR count). The first kappa shape index (κ1) is 33.2. The van der Waals surface area contributed by atoms with E-state index in [0.717, 1.165) is 28.1 Å². The SMILES string of the molecule is c1ccc(-c2ccc(N(c3ccc(-c4ccc5sc6cc(-c7ccccc7)ccc6c5c4)cc3)c3cccc(-c4cccc5c4[nH]c4ccccc45)c3)cc2)cc1. The smallest absolute Gasteiger partial charge is 0.0544 e. The Morgan fingerprint density at radius 1 is 0.316 bits per heavy atom. The van der Waals surface area contributed by atoms with Crippen LogP contribution in [0.1, 0.15) is 0 Å². The summed E-state index contributed by atoms with van der Waals surface area (Å²) in [5.74, 6) is 0. The molecule has 1 N–H and O–H groups in total. The molecule has 0 atom stereocenters. The van der Waals surface area contributed by atoms with Crippen LogP contribution in [0.15, 0.2) is 212 Å². The summed E-state index contributed by atoms with van der Waals surface area (Å²) in [5.41, 5.74) is 15.3. The average Bonchev–Trinajstić information content (AvgIpc) is 3.85. The van der Waals surface area contributed by atoms with Crippen LogP contribution in [0.3, 0.4) is 0 Å². The second kappa shape index (κ2) is 13.8. The van der Waals surface area contributed by atoms with E-state index in [9.17, 15) is 0 Å². The molecule has 2 nitrogen and oxygen atoms in total. The summed E-state index contributed by atoms with van der Waals surface area (Å²) in [7, 11) is 0. The highest BCUT2D eigenvalue weighted by Gasteiger charge is 2.17. The molecular weight excluding hydrogens is 709 g/mol. The van der Waals surface area contributed by atoms with Gasteiger partial charge < -0.3 is 9.88 Å². The molecular formula is C54H36N2S. The molecule has 2 aromatic heterocycles. The van der Waals surface area contributed by atoms with Crippen LogP contribution in [0.2, 0.25) is 0 Å². The van der Waals surface area contributed by atoms with Crippen LogP contribution in [0, 0.1) is 0 Å². The van der Waals surface area contributed by atoms with Crippen molar-refractivity contribution in [1.29, 1.82) is 0 Å². The molecule has 0 aliphatic heterocycles. The lowest BCUT2D eigenvalue weighted by Gasteiger charge is -2.26. The van der Waals surface area contributed by atoms with Crippen molar-refractivity contribution in [1.82, 2.24) is 4.98 Å². The molecule has 2 heterocycles. The highest BCUT2D eigenvalue weighted by molar-refractivity contribution is 7.25. The summed E-state index contributed by atoms with van der Waals surface area (Å²) in [5, 5.41) is 5.09. The summed E-state index contributed by atoms with van der Waals surface area (Å²) < 4.78 is 2.62. The van der Waals surface area contributed by atoms with Crippen LogP contribution < -0.4 is 4.90 Å². The fraction of sp³-hybridized carbons (Fsp3) is 0. The minimum absolute atomic E-state index is 1.10. The molecule has 0 fully saturated rings. The van der Waals surface area contributed by atoms with Gasteiger partial charge in [-0.3, -0.25) is 0 Å². The lowest BCUT2D eigenvalue weighted by atomic mass is 10.00. The Hall–Kier alpha value is -7.20. The number of hydrogen-bond acceptors (Lipinski definition) is 2. The van der Waals surface area contributed by atoms with Gasteiger partial charge in [0, 0.05) is 59.1 Å². The van der Waals surface area contributed by atoms with Crippen LogP contribution >= 0.6 is 11.3 Å². The summed E-state index contributed by atoms with van der Waals surface area (Å²) in [6, 6.07) is 77.0. The van der Waals surface area contributed by atoms with Crippen molar-refractivity contribution in [3.05, 3.63) is 212 Å². The van der Waals surface area contributed by atoms with Crippen molar-refractivity contribution in [2.45, 2.75) is 0 Å². The van der Waals surface area contributed by atoms with E-state index in [-0.39, 0.29) is 0 Å². The Bertz CT molecular complexity index is 3210. The topological polar surface area (TPSA) is 19.0 Å². The van der Waals surface area contributed by atoms with Crippen LogP contribution in [-0.2, 0) is 0 Å². The number of nitrogens with zero attached hydrogens (tertiary/aromatic N) is 1. The predicted octanol–water partition coefficient (Wildman–Crippen LogP) is 15.8. The molecule has 0 bridgehead atoms. The summed E-state index contributed by atoms with van der Waals surface area (Å²) in [6.07, 6.45) is 0. The standard InChI is InChI=1S/C54H36N2S/c1-3-11-36(12-4-1)38-21-27-43(28-22-38)56(45-16-9-15-42(33-45)46-18-10-19-49-47-17-7-8-20-51(47)55-54(46)49)44-29-23-39(24-30-44)40-26-32-52-50(34-40)48-31-25-41(35-53(48)57-52)37-13-5-2-6-14-37/h1-35,55H. The molecule has 0 amide bonds. The van der Waals surface area contributed by atoms with E-state index in [1.54, 1.807) is 0 Å². The van der Waals surface area contributed by atoms with E-state index in [2.05, 4.69) is 222 Å². The fourth-order valence-electron chi connectivity index (χ4n) is 8.38. The van der Waals surface area contributed by atoms with Gasteiger partial charge in [0.15, 0.2) is 0 Å². The van der Waals surface area contributed by atoms with Gasteiger partial charge in [0.25, 0.3) is 0 Å². The van der Waals surface area contributed by atoms with E-state index in [1.165, 1.54) is 75.5 Å². The van der Waals surface area contributed by atoms with Gasteiger partial charge in [-0.25, -0.2) is 0 Å². The third kappa shape index (κ3) is 5.97. The van der Waals surface area contributed by atoms with Gasteiger partial charge in [-0.05, 0) is 99.6 Å². The molecule has 0 saturated carbocycles. The summed E-state index contributed by atoms with van der Waals surface area (Å²) in [6.45, 7) is 0. The monoisotopic (exact) mass is 744 g/mol. The van der Waals surface area contributed by atoms with Gasteiger partial charge in [-0.1, -0.05) is 152 Å². The minimum atomic E-state index is 1.10. The Balaban J connectivity index is 0.983. The summed E-state index contributed by atoms with van der Waals surface area (Å²) >= 11 is 1.87. The van der Waals surface area contributed by atoms with Crippen molar-refractivity contribution < 1.29 is 0 Å². The molecule has 0 radical (unpaired) electrons. The Kier molecular flexibility index (Phi) is 8.04. The lowest BCUT2D eigenvalue weighted by Crippen LogP contribution is -2.10. The zero-order valence-electron chi connectivity index (χ0n) is 31.1. The first-order chi connectivity index (χ1) is 28.2. The predicted molar refractivity (Wildman–Crippen MR) is 245 cm³/mol. The Morgan fingerprint density at radius 3 is 1.63 bits per heavy atom. The highest BCUT2D eigenvalue weighted by atomic mass is 32.1. The van der Waals surface area contributed by atoms with Crippen molar-refractivity contribution in [2.75, 3.05) is 4.90 Å². The third-order valence-electron chi connectivity index (χ3n) is 11.2. The van der Waals surface area contributed by atoms with Crippen LogP contribution in [0.4, 0.5) is 17.1 Å². The number of thiophene rings is 1. The number of H-pyrrole nitrogens is 1. The van der Waals surface area contributed by atoms with Crippen LogP contribution in [0.5, 0.6) is 0 Å². The largest absolute Gasteiger partial charge is 0.354 e. The quantitative estimate of drug-likeness (QED) is 0.172. The zero-order chi connectivity index (χ0) is 37.7.